The molecule has 2 heterocycles. The van der Waals surface area contributed by atoms with Crippen LogP contribution in [0.2, 0.25) is 0 Å². The van der Waals surface area contributed by atoms with Gasteiger partial charge < -0.3 is 0 Å². The van der Waals surface area contributed by atoms with Crippen LogP contribution in [0.5, 0.6) is 0 Å². The van der Waals surface area contributed by atoms with Gasteiger partial charge in [-0.25, -0.2) is 9.97 Å². The van der Waals surface area contributed by atoms with Crippen LogP contribution in [0.25, 0.3) is 11.2 Å². The van der Waals surface area contributed by atoms with Crippen molar-refractivity contribution in [3.05, 3.63) is 18.3 Å². The predicted molar refractivity (Wildman–Crippen MR) is 83.0 cm³/mol. The van der Waals surface area contributed by atoms with Crippen LogP contribution in [-0.4, -0.2) is 20.4 Å². The zero-order valence-electron chi connectivity index (χ0n) is 12.8. The Balaban J connectivity index is 1.95. The lowest BCUT2D eigenvalue weighted by molar-refractivity contribution is -0.120. The Morgan fingerprint density at radius 1 is 1.38 bits per heavy atom. The summed E-state index contributed by atoms with van der Waals surface area (Å²) < 4.78 is 2.10. The first-order valence-corrected chi connectivity index (χ1v) is 7.71. The first-order chi connectivity index (χ1) is 10.1. The molecule has 1 N–H and O–H groups in total. The normalized spacial score (nSPS) is 17.0. The Morgan fingerprint density at radius 2 is 2.14 bits per heavy atom. The maximum atomic E-state index is 12.3. The van der Waals surface area contributed by atoms with Gasteiger partial charge in [0.25, 0.3) is 0 Å². The third kappa shape index (κ3) is 2.52. The van der Waals surface area contributed by atoms with Crippen LogP contribution in [0.3, 0.4) is 0 Å². The van der Waals surface area contributed by atoms with Gasteiger partial charge in [0.15, 0.2) is 5.65 Å². The summed E-state index contributed by atoms with van der Waals surface area (Å²) in [5.74, 6) is 0.948. The number of pyridine rings is 1. The van der Waals surface area contributed by atoms with Crippen LogP contribution in [0.4, 0.5) is 5.95 Å². The van der Waals surface area contributed by atoms with Gasteiger partial charge in [-0.2, -0.15) is 0 Å². The highest BCUT2D eigenvalue weighted by Crippen LogP contribution is 2.36. The molecule has 1 amide bonds. The maximum Gasteiger partial charge on any atom is 0.229 e. The summed E-state index contributed by atoms with van der Waals surface area (Å²) in [6.45, 7) is 6.07. The fourth-order valence-corrected chi connectivity index (χ4v) is 2.54. The molecule has 5 nitrogen and oxygen atoms in total. The molecule has 0 radical (unpaired) electrons. The minimum Gasteiger partial charge on any atom is -0.296 e. The number of carbonyl (C=O) groups is 1. The van der Waals surface area contributed by atoms with Crippen molar-refractivity contribution in [2.24, 2.45) is 11.8 Å². The van der Waals surface area contributed by atoms with Gasteiger partial charge in [0, 0.05) is 18.2 Å². The fraction of sp³-hybridized carbons (Fsp3) is 0.562. The van der Waals surface area contributed by atoms with Crippen molar-refractivity contribution in [3.8, 4) is 0 Å². The number of nitrogens with zero attached hydrogens (tertiary/aromatic N) is 3. The summed E-state index contributed by atoms with van der Waals surface area (Å²) in [5.41, 5.74) is 1.71. The number of aromatic nitrogens is 3. The summed E-state index contributed by atoms with van der Waals surface area (Å²) in [6, 6.07) is 4.23. The van der Waals surface area contributed by atoms with Gasteiger partial charge in [0.2, 0.25) is 11.9 Å². The number of hydrogen-bond donors (Lipinski definition) is 1. The zero-order valence-corrected chi connectivity index (χ0v) is 12.8. The second-order valence-electron chi connectivity index (χ2n) is 6.26. The molecule has 0 spiro atoms. The van der Waals surface area contributed by atoms with Crippen molar-refractivity contribution >= 4 is 23.0 Å². The molecule has 1 saturated carbocycles. The summed E-state index contributed by atoms with van der Waals surface area (Å²) in [6.07, 6.45) is 5.27. The Kier molecular flexibility index (Phi) is 3.66. The smallest absolute Gasteiger partial charge is 0.229 e. The number of hydrogen-bond acceptors (Lipinski definition) is 3. The predicted octanol–water partition coefficient (Wildman–Crippen LogP) is 3.39. The third-order valence-corrected chi connectivity index (χ3v) is 4.54. The number of rotatable bonds is 4. The standard InChI is InChI=1S/C16H22N4O/c1-10(2)11(3)15(21)19-16-18-13-8-5-9-17-14(13)20(16)12-6-4-7-12/h5,8-12H,4,6-7H2,1-3H3,(H,18,19,21). The molecule has 2 aromatic rings. The molecule has 1 fully saturated rings. The lowest BCUT2D eigenvalue weighted by Crippen LogP contribution is -2.27. The summed E-state index contributed by atoms with van der Waals surface area (Å²) in [5, 5.41) is 3.00. The van der Waals surface area contributed by atoms with Gasteiger partial charge in [-0.1, -0.05) is 20.8 Å². The monoisotopic (exact) mass is 286 g/mol. The van der Waals surface area contributed by atoms with Crippen molar-refractivity contribution in [1.82, 2.24) is 14.5 Å². The lowest BCUT2D eigenvalue weighted by atomic mass is 9.93. The second kappa shape index (κ2) is 5.47. The van der Waals surface area contributed by atoms with Gasteiger partial charge >= 0.3 is 0 Å². The topological polar surface area (TPSA) is 59.8 Å². The Labute approximate surface area is 124 Å². The first-order valence-electron chi connectivity index (χ1n) is 7.71. The van der Waals surface area contributed by atoms with E-state index in [1.54, 1.807) is 6.20 Å². The van der Waals surface area contributed by atoms with Crippen LogP contribution in [-0.2, 0) is 4.79 Å². The average Bonchev–Trinajstić information content (AvgIpc) is 2.74. The van der Waals surface area contributed by atoms with Crippen molar-refractivity contribution in [3.63, 3.8) is 0 Å². The van der Waals surface area contributed by atoms with Gasteiger partial charge in [0.1, 0.15) is 5.52 Å². The molecule has 0 saturated heterocycles. The van der Waals surface area contributed by atoms with Crippen LogP contribution in [0.1, 0.15) is 46.1 Å². The highest BCUT2D eigenvalue weighted by atomic mass is 16.2. The van der Waals surface area contributed by atoms with Crippen LogP contribution in [0.15, 0.2) is 18.3 Å². The number of nitrogens with one attached hydrogen (secondary N) is 1. The number of amides is 1. The molecule has 3 rings (SSSR count). The largest absolute Gasteiger partial charge is 0.296 e. The number of fused-ring (bicyclic) bond motifs is 1. The lowest BCUT2D eigenvalue weighted by Gasteiger charge is -2.28. The van der Waals surface area contributed by atoms with E-state index in [-0.39, 0.29) is 11.8 Å². The maximum absolute atomic E-state index is 12.3. The summed E-state index contributed by atoms with van der Waals surface area (Å²) in [7, 11) is 0. The van der Waals surface area contributed by atoms with Crippen molar-refractivity contribution in [2.75, 3.05) is 5.32 Å². The Hall–Kier alpha value is -1.91. The van der Waals surface area contributed by atoms with E-state index in [0.29, 0.717) is 17.9 Å². The Bertz CT molecular complexity index is 657. The average molecular weight is 286 g/mol. The SMILES string of the molecule is CC(C)C(C)C(=O)Nc1nc2cccnc2n1C1CCC1. The molecule has 2 aromatic heterocycles. The summed E-state index contributed by atoms with van der Waals surface area (Å²) in [4.78, 5) is 21.3. The molecule has 0 aromatic carbocycles. The molecule has 1 atom stereocenters. The minimum atomic E-state index is -0.0346. The molecular weight excluding hydrogens is 264 g/mol. The molecular formula is C16H22N4O. The quantitative estimate of drug-likeness (QED) is 0.937. The summed E-state index contributed by atoms with van der Waals surface area (Å²) >= 11 is 0. The third-order valence-electron chi connectivity index (χ3n) is 4.54. The number of carbonyl (C=O) groups excluding carboxylic acids is 1. The molecule has 1 aliphatic rings. The molecule has 21 heavy (non-hydrogen) atoms. The molecule has 0 aliphatic heterocycles. The molecule has 0 bridgehead atoms. The number of anilines is 1. The van der Waals surface area contributed by atoms with E-state index in [1.165, 1.54) is 6.42 Å². The fourth-order valence-electron chi connectivity index (χ4n) is 2.54. The van der Waals surface area contributed by atoms with Crippen molar-refractivity contribution in [1.29, 1.82) is 0 Å². The Morgan fingerprint density at radius 3 is 2.76 bits per heavy atom. The van der Waals surface area contributed by atoms with Gasteiger partial charge in [0.05, 0.1) is 0 Å². The van der Waals surface area contributed by atoms with Gasteiger partial charge in [-0.3, -0.25) is 14.7 Å². The van der Waals surface area contributed by atoms with E-state index in [9.17, 15) is 4.79 Å². The van der Waals surface area contributed by atoms with E-state index in [2.05, 4.69) is 33.7 Å². The van der Waals surface area contributed by atoms with E-state index >= 15 is 0 Å². The number of imidazole rings is 1. The minimum absolute atomic E-state index is 0.0286. The molecule has 1 unspecified atom stereocenters. The van der Waals surface area contributed by atoms with E-state index < -0.39 is 0 Å². The molecule has 112 valence electrons. The highest BCUT2D eigenvalue weighted by molar-refractivity contribution is 5.92. The van der Waals surface area contributed by atoms with E-state index in [1.807, 2.05) is 19.1 Å². The van der Waals surface area contributed by atoms with Crippen LogP contribution in [0, 0.1) is 11.8 Å². The van der Waals surface area contributed by atoms with Gasteiger partial charge in [-0.15, -0.1) is 0 Å². The second-order valence-corrected chi connectivity index (χ2v) is 6.26. The molecule has 5 heteroatoms. The van der Waals surface area contributed by atoms with E-state index in [0.717, 1.165) is 24.0 Å². The zero-order chi connectivity index (χ0) is 15.0. The van der Waals surface area contributed by atoms with Crippen LogP contribution >= 0.6 is 0 Å². The first kappa shape index (κ1) is 14.0. The highest BCUT2D eigenvalue weighted by Gasteiger charge is 2.27. The van der Waals surface area contributed by atoms with Crippen molar-refractivity contribution in [2.45, 2.75) is 46.1 Å². The molecule has 1 aliphatic carbocycles. The van der Waals surface area contributed by atoms with Crippen molar-refractivity contribution < 1.29 is 4.79 Å². The van der Waals surface area contributed by atoms with E-state index in [4.69, 9.17) is 0 Å². The van der Waals surface area contributed by atoms with Crippen LogP contribution < -0.4 is 5.32 Å². The van der Waals surface area contributed by atoms with Gasteiger partial charge in [-0.05, 0) is 37.3 Å².